The van der Waals surface area contributed by atoms with E-state index in [1.807, 2.05) is 0 Å². The lowest BCUT2D eigenvalue weighted by Gasteiger charge is -2.18. The van der Waals surface area contributed by atoms with Gasteiger partial charge in [-0.3, -0.25) is 0 Å². The van der Waals surface area contributed by atoms with Crippen LogP contribution in [0.15, 0.2) is 6.07 Å². The summed E-state index contributed by atoms with van der Waals surface area (Å²) in [4.78, 5) is 9.24. The van der Waals surface area contributed by atoms with Gasteiger partial charge < -0.3 is 10.6 Å². The first-order chi connectivity index (χ1) is 10.3. The number of aryl methyl sites for hydroxylation is 1. The van der Waals surface area contributed by atoms with Crippen molar-refractivity contribution in [3.05, 3.63) is 11.8 Å². The van der Waals surface area contributed by atoms with E-state index in [-0.39, 0.29) is 0 Å². The van der Waals surface area contributed by atoms with Crippen molar-refractivity contribution in [1.29, 1.82) is 0 Å². The largest absolute Gasteiger partial charge is 0.367 e. The average molecular weight is 288 g/mol. The minimum absolute atomic E-state index is 0.567. The smallest absolute Gasteiger partial charge is 0.225 e. The summed E-state index contributed by atoms with van der Waals surface area (Å²) < 4.78 is 0. The van der Waals surface area contributed by atoms with Crippen LogP contribution in [-0.4, -0.2) is 22.1 Å². The first-order valence-electron chi connectivity index (χ1n) is 8.68. The monoisotopic (exact) mass is 288 g/mol. The van der Waals surface area contributed by atoms with Gasteiger partial charge in [0.05, 0.1) is 0 Å². The Morgan fingerprint density at radius 1 is 0.810 bits per heavy atom. The second-order valence-corrected chi connectivity index (χ2v) is 6.68. The van der Waals surface area contributed by atoms with Crippen LogP contribution < -0.4 is 10.6 Å². The Kier molecular flexibility index (Phi) is 4.94. The maximum absolute atomic E-state index is 4.69. The molecule has 0 aromatic carbocycles. The molecule has 116 valence electrons. The van der Waals surface area contributed by atoms with Crippen LogP contribution in [-0.2, 0) is 0 Å². The number of rotatable bonds is 4. The lowest BCUT2D eigenvalue weighted by atomic mass is 10.1. The van der Waals surface area contributed by atoms with E-state index in [2.05, 4.69) is 33.6 Å². The van der Waals surface area contributed by atoms with Gasteiger partial charge in [-0.1, -0.05) is 38.5 Å². The molecule has 2 saturated carbocycles. The third-order valence-electron chi connectivity index (χ3n) is 4.75. The molecule has 1 aromatic rings. The van der Waals surface area contributed by atoms with E-state index >= 15 is 0 Å². The van der Waals surface area contributed by atoms with Crippen molar-refractivity contribution in [2.24, 2.45) is 0 Å². The molecule has 2 aliphatic carbocycles. The molecule has 0 saturated heterocycles. The topological polar surface area (TPSA) is 49.8 Å². The van der Waals surface area contributed by atoms with Gasteiger partial charge in [0.2, 0.25) is 5.95 Å². The Labute approximate surface area is 128 Å². The Morgan fingerprint density at radius 2 is 1.38 bits per heavy atom. The van der Waals surface area contributed by atoms with Crippen LogP contribution in [0.3, 0.4) is 0 Å². The molecule has 0 bridgehead atoms. The van der Waals surface area contributed by atoms with Gasteiger partial charge in [0.15, 0.2) is 0 Å². The second kappa shape index (κ2) is 7.10. The van der Waals surface area contributed by atoms with Gasteiger partial charge in [0.25, 0.3) is 0 Å². The Morgan fingerprint density at radius 3 is 2.05 bits per heavy atom. The summed E-state index contributed by atoms with van der Waals surface area (Å²) in [7, 11) is 0. The number of nitrogens with one attached hydrogen (secondary N) is 2. The van der Waals surface area contributed by atoms with E-state index < -0.39 is 0 Å². The minimum Gasteiger partial charge on any atom is -0.367 e. The zero-order valence-corrected chi connectivity index (χ0v) is 13.2. The average Bonchev–Trinajstić information content (AvgIpc) is 2.81. The number of hydrogen-bond acceptors (Lipinski definition) is 4. The maximum Gasteiger partial charge on any atom is 0.225 e. The number of hydrogen-bond donors (Lipinski definition) is 2. The molecule has 4 heteroatoms. The van der Waals surface area contributed by atoms with Gasteiger partial charge in [-0.25, -0.2) is 4.98 Å². The molecule has 0 unspecified atom stereocenters. The summed E-state index contributed by atoms with van der Waals surface area (Å²) in [6, 6.07) is 3.23. The van der Waals surface area contributed by atoms with E-state index in [0.717, 1.165) is 17.5 Å². The minimum atomic E-state index is 0.567. The van der Waals surface area contributed by atoms with Gasteiger partial charge in [0.1, 0.15) is 5.82 Å². The molecule has 0 atom stereocenters. The summed E-state index contributed by atoms with van der Waals surface area (Å²) in [5, 5.41) is 7.15. The van der Waals surface area contributed by atoms with Gasteiger partial charge in [0, 0.05) is 23.8 Å². The molecule has 1 heterocycles. The highest BCUT2D eigenvalue weighted by molar-refractivity contribution is 5.43. The van der Waals surface area contributed by atoms with Crippen LogP contribution in [0.4, 0.5) is 11.8 Å². The SMILES string of the molecule is Cc1cc(NC2CCCCCC2)nc(NC2CCCC2)n1. The van der Waals surface area contributed by atoms with Crippen LogP contribution in [0, 0.1) is 6.92 Å². The highest BCUT2D eigenvalue weighted by atomic mass is 15.2. The summed E-state index contributed by atoms with van der Waals surface area (Å²) >= 11 is 0. The first kappa shape index (κ1) is 14.6. The highest BCUT2D eigenvalue weighted by Crippen LogP contribution is 2.23. The maximum atomic E-state index is 4.69. The third kappa shape index (κ3) is 4.32. The quantitative estimate of drug-likeness (QED) is 0.812. The zero-order chi connectivity index (χ0) is 14.5. The van der Waals surface area contributed by atoms with Gasteiger partial charge in [-0.15, -0.1) is 0 Å². The molecule has 2 aliphatic rings. The molecular weight excluding hydrogens is 260 g/mol. The van der Waals surface area contributed by atoms with Crippen molar-refractivity contribution in [2.45, 2.75) is 83.2 Å². The fourth-order valence-electron chi connectivity index (χ4n) is 3.59. The first-order valence-corrected chi connectivity index (χ1v) is 8.68. The lowest BCUT2D eigenvalue weighted by Crippen LogP contribution is -2.21. The van der Waals surface area contributed by atoms with Crippen LogP contribution >= 0.6 is 0 Å². The van der Waals surface area contributed by atoms with Gasteiger partial charge in [-0.2, -0.15) is 4.98 Å². The van der Waals surface area contributed by atoms with Gasteiger partial charge >= 0.3 is 0 Å². The van der Waals surface area contributed by atoms with E-state index in [1.165, 1.54) is 64.2 Å². The van der Waals surface area contributed by atoms with Crippen LogP contribution in [0.1, 0.15) is 69.9 Å². The molecule has 21 heavy (non-hydrogen) atoms. The van der Waals surface area contributed by atoms with Crippen molar-refractivity contribution < 1.29 is 0 Å². The fourth-order valence-corrected chi connectivity index (χ4v) is 3.59. The lowest BCUT2D eigenvalue weighted by molar-refractivity contribution is 0.617. The van der Waals surface area contributed by atoms with Crippen LogP contribution in [0.5, 0.6) is 0 Å². The second-order valence-electron chi connectivity index (χ2n) is 6.68. The van der Waals surface area contributed by atoms with E-state index in [1.54, 1.807) is 0 Å². The molecule has 0 aliphatic heterocycles. The summed E-state index contributed by atoms with van der Waals surface area (Å²) in [6.07, 6.45) is 13.2. The van der Waals surface area contributed by atoms with E-state index in [4.69, 9.17) is 0 Å². The summed E-state index contributed by atoms with van der Waals surface area (Å²) in [6.45, 7) is 2.06. The Balaban J connectivity index is 1.64. The van der Waals surface area contributed by atoms with E-state index in [0.29, 0.717) is 12.1 Å². The van der Waals surface area contributed by atoms with Crippen LogP contribution in [0.2, 0.25) is 0 Å². The Bertz CT molecular complexity index is 446. The summed E-state index contributed by atoms with van der Waals surface area (Å²) in [5.74, 6) is 1.80. The molecule has 0 spiro atoms. The normalized spacial score (nSPS) is 21.2. The Hall–Kier alpha value is -1.32. The summed E-state index contributed by atoms with van der Waals surface area (Å²) in [5.41, 5.74) is 1.04. The van der Waals surface area contributed by atoms with Crippen molar-refractivity contribution >= 4 is 11.8 Å². The number of nitrogens with zero attached hydrogens (tertiary/aromatic N) is 2. The highest BCUT2D eigenvalue weighted by Gasteiger charge is 2.17. The standard InChI is InChI=1S/C17H28N4/c1-13-12-16(19-14-8-4-2-3-5-9-14)21-17(18-13)20-15-10-6-7-11-15/h12,14-15H,2-11H2,1H3,(H2,18,19,20,21). The molecule has 3 rings (SSSR count). The molecule has 4 nitrogen and oxygen atoms in total. The molecule has 2 fully saturated rings. The molecule has 0 radical (unpaired) electrons. The molecule has 1 aromatic heterocycles. The molecule has 2 N–H and O–H groups in total. The number of aromatic nitrogens is 2. The van der Waals surface area contributed by atoms with Crippen molar-refractivity contribution in [3.8, 4) is 0 Å². The van der Waals surface area contributed by atoms with Crippen molar-refractivity contribution in [1.82, 2.24) is 9.97 Å². The predicted molar refractivity (Wildman–Crippen MR) is 87.8 cm³/mol. The van der Waals surface area contributed by atoms with Gasteiger partial charge in [-0.05, 0) is 32.6 Å². The predicted octanol–water partition coefficient (Wildman–Crippen LogP) is 4.27. The zero-order valence-electron chi connectivity index (χ0n) is 13.2. The van der Waals surface area contributed by atoms with Crippen molar-refractivity contribution in [2.75, 3.05) is 10.6 Å². The third-order valence-corrected chi connectivity index (χ3v) is 4.75. The molecule has 0 amide bonds. The van der Waals surface area contributed by atoms with Crippen molar-refractivity contribution in [3.63, 3.8) is 0 Å². The number of anilines is 2. The van der Waals surface area contributed by atoms with Crippen LogP contribution in [0.25, 0.3) is 0 Å². The van der Waals surface area contributed by atoms with E-state index in [9.17, 15) is 0 Å². The molecular formula is C17H28N4. The fraction of sp³-hybridized carbons (Fsp3) is 0.765.